The number of carbonyl (C=O) groups excluding carboxylic acids is 3. The van der Waals surface area contributed by atoms with Gasteiger partial charge in [-0.25, -0.2) is 4.39 Å². The molecule has 2 aliphatic heterocycles. The maximum absolute atomic E-state index is 13.8. The van der Waals surface area contributed by atoms with Crippen molar-refractivity contribution in [2.45, 2.75) is 6.42 Å². The van der Waals surface area contributed by atoms with Crippen LogP contribution in [0, 0.1) is 11.7 Å². The highest BCUT2D eigenvalue weighted by Gasteiger charge is 2.35. The van der Waals surface area contributed by atoms with Crippen molar-refractivity contribution in [2.75, 3.05) is 19.7 Å². The summed E-state index contributed by atoms with van der Waals surface area (Å²) in [6, 6.07) is 11.3. The lowest BCUT2D eigenvalue weighted by Crippen LogP contribution is -2.42. The van der Waals surface area contributed by atoms with Gasteiger partial charge in [-0.15, -0.1) is 0 Å². The van der Waals surface area contributed by atoms with Gasteiger partial charge in [-0.2, -0.15) is 0 Å². The van der Waals surface area contributed by atoms with Crippen LogP contribution in [-0.4, -0.2) is 41.6 Å². The summed E-state index contributed by atoms with van der Waals surface area (Å²) in [5.74, 6) is -0.870. The first-order chi connectivity index (χ1) is 14.9. The van der Waals surface area contributed by atoms with E-state index in [1.165, 1.54) is 18.2 Å². The lowest BCUT2D eigenvalue weighted by molar-refractivity contribution is -0.127. The number of hydrogen-bond acceptors (Lipinski definition) is 5. The molecule has 160 valence electrons. The number of hydrogen-bond donors (Lipinski definition) is 1. The Kier molecular flexibility index (Phi) is 6.29. The van der Waals surface area contributed by atoms with Crippen molar-refractivity contribution in [2.24, 2.45) is 5.92 Å². The Labute approximate surface area is 187 Å². The van der Waals surface area contributed by atoms with E-state index in [0.29, 0.717) is 17.2 Å². The number of halogens is 2. The van der Waals surface area contributed by atoms with Gasteiger partial charge in [0.25, 0.3) is 11.1 Å². The summed E-state index contributed by atoms with van der Waals surface area (Å²) < 4.78 is 19.4. The third-order valence-electron chi connectivity index (χ3n) is 5.00. The molecule has 0 aliphatic carbocycles. The van der Waals surface area contributed by atoms with Gasteiger partial charge >= 0.3 is 0 Å². The summed E-state index contributed by atoms with van der Waals surface area (Å²) in [6.45, 7) is 0.386. The molecule has 1 N–H and O–H groups in total. The van der Waals surface area contributed by atoms with Gasteiger partial charge in [0.05, 0.1) is 10.8 Å². The van der Waals surface area contributed by atoms with Gasteiger partial charge in [0, 0.05) is 23.7 Å². The fourth-order valence-corrected chi connectivity index (χ4v) is 4.44. The minimum absolute atomic E-state index is 0.0288. The highest BCUT2D eigenvalue weighted by Crippen LogP contribution is 2.32. The third kappa shape index (κ3) is 4.75. The molecule has 1 unspecified atom stereocenters. The molecule has 3 amide bonds. The van der Waals surface area contributed by atoms with Gasteiger partial charge < -0.3 is 10.1 Å². The van der Waals surface area contributed by atoms with Gasteiger partial charge in [0.15, 0.2) is 0 Å². The van der Waals surface area contributed by atoms with E-state index in [9.17, 15) is 18.8 Å². The number of carbonyl (C=O) groups is 3. The van der Waals surface area contributed by atoms with Crippen LogP contribution >= 0.6 is 23.4 Å². The average molecular weight is 461 g/mol. The summed E-state index contributed by atoms with van der Waals surface area (Å²) in [7, 11) is 0. The van der Waals surface area contributed by atoms with Crippen LogP contribution in [0.15, 0.2) is 47.4 Å². The molecule has 0 spiro atoms. The Morgan fingerprint density at radius 1 is 1.29 bits per heavy atom. The Morgan fingerprint density at radius 3 is 2.90 bits per heavy atom. The monoisotopic (exact) mass is 460 g/mol. The quantitative estimate of drug-likeness (QED) is 0.685. The zero-order valence-corrected chi connectivity index (χ0v) is 17.8. The third-order valence-corrected chi connectivity index (χ3v) is 6.14. The van der Waals surface area contributed by atoms with Gasteiger partial charge in [-0.1, -0.05) is 29.8 Å². The van der Waals surface area contributed by atoms with Crippen molar-refractivity contribution in [3.63, 3.8) is 0 Å². The molecule has 1 atom stereocenters. The zero-order chi connectivity index (χ0) is 22.0. The van der Waals surface area contributed by atoms with Crippen molar-refractivity contribution < 1.29 is 23.5 Å². The second-order valence-corrected chi connectivity index (χ2v) is 8.54. The molecule has 4 rings (SSSR count). The second kappa shape index (κ2) is 9.11. The van der Waals surface area contributed by atoms with E-state index in [2.05, 4.69) is 5.32 Å². The summed E-state index contributed by atoms with van der Waals surface area (Å²) in [4.78, 5) is 38.4. The van der Waals surface area contributed by atoms with Crippen LogP contribution < -0.4 is 10.1 Å². The standard InChI is InChI=1S/C22H18ClFN2O4S/c23-16-5-6-18-14(10-16)9-15(12-30-18)20(27)25-7-8-26-21(28)19(31-22(26)29)11-13-3-1-2-4-17(13)24/h1-6,10-11,15H,7-9,12H2,(H,25,27)/b19-11-. The number of thioether (sulfide) groups is 1. The Hall–Kier alpha value is -2.84. The first-order valence-electron chi connectivity index (χ1n) is 9.61. The van der Waals surface area contributed by atoms with Crippen molar-refractivity contribution in [1.29, 1.82) is 0 Å². The Balaban J connectivity index is 1.32. The lowest BCUT2D eigenvalue weighted by Gasteiger charge is -2.25. The summed E-state index contributed by atoms with van der Waals surface area (Å²) in [6.07, 6.45) is 1.86. The molecule has 6 nitrogen and oxygen atoms in total. The molecule has 2 aromatic rings. The topological polar surface area (TPSA) is 75.7 Å². The molecule has 0 saturated carbocycles. The average Bonchev–Trinajstić information content (AvgIpc) is 3.02. The highest BCUT2D eigenvalue weighted by atomic mass is 35.5. The van der Waals surface area contributed by atoms with E-state index in [0.717, 1.165) is 22.2 Å². The zero-order valence-electron chi connectivity index (χ0n) is 16.3. The summed E-state index contributed by atoms with van der Waals surface area (Å²) in [5.41, 5.74) is 1.10. The van der Waals surface area contributed by atoms with Crippen LogP contribution in [0.1, 0.15) is 11.1 Å². The predicted molar refractivity (Wildman–Crippen MR) is 116 cm³/mol. The maximum atomic E-state index is 13.8. The number of fused-ring (bicyclic) bond motifs is 1. The molecule has 31 heavy (non-hydrogen) atoms. The Bertz CT molecular complexity index is 1090. The predicted octanol–water partition coefficient (Wildman–Crippen LogP) is 3.88. The van der Waals surface area contributed by atoms with Crippen molar-refractivity contribution in [3.05, 3.63) is 69.3 Å². The molecule has 0 aromatic heterocycles. The van der Waals surface area contributed by atoms with Crippen LogP contribution in [0.2, 0.25) is 5.02 Å². The number of nitrogens with zero attached hydrogens (tertiary/aromatic N) is 1. The van der Waals surface area contributed by atoms with E-state index in [1.54, 1.807) is 30.3 Å². The Morgan fingerprint density at radius 2 is 2.10 bits per heavy atom. The minimum atomic E-state index is -0.503. The van der Waals surface area contributed by atoms with Crippen LogP contribution in [0.5, 0.6) is 5.75 Å². The van der Waals surface area contributed by atoms with Crippen molar-refractivity contribution in [3.8, 4) is 5.75 Å². The van der Waals surface area contributed by atoms with E-state index in [4.69, 9.17) is 16.3 Å². The van der Waals surface area contributed by atoms with E-state index >= 15 is 0 Å². The molecular weight excluding hydrogens is 443 g/mol. The van der Waals surface area contributed by atoms with Crippen LogP contribution in [0.25, 0.3) is 6.08 Å². The molecule has 2 aliphatic rings. The van der Waals surface area contributed by atoms with Crippen LogP contribution in [0.4, 0.5) is 9.18 Å². The first-order valence-corrected chi connectivity index (χ1v) is 10.8. The summed E-state index contributed by atoms with van der Waals surface area (Å²) >= 11 is 6.76. The number of imide groups is 1. The molecular formula is C22H18ClFN2O4S. The van der Waals surface area contributed by atoms with E-state index < -0.39 is 17.0 Å². The number of ether oxygens (including phenoxy) is 1. The number of rotatable bonds is 5. The fraction of sp³-hybridized carbons (Fsp3) is 0.227. The number of nitrogens with one attached hydrogen (secondary N) is 1. The molecule has 2 heterocycles. The first kappa shape index (κ1) is 21.4. The van der Waals surface area contributed by atoms with Crippen LogP contribution in [-0.2, 0) is 16.0 Å². The summed E-state index contributed by atoms with van der Waals surface area (Å²) in [5, 5.41) is 2.88. The molecule has 1 fully saturated rings. The van der Waals surface area contributed by atoms with Crippen molar-refractivity contribution >= 4 is 46.5 Å². The van der Waals surface area contributed by atoms with Gasteiger partial charge in [-0.3, -0.25) is 19.3 Å². The van der Waals surface area contributed by atoms with E-state index in [-0.39, 0.29) is 42.0 Å². The molecule has 0 bridgehead atoms. The number of benzene rings is 2. The SMILES string of the molecule is O=C(NCCN1C(=O)S/C(=C\c2ccccc2F)C1=O)C1COc2ccc(Cl)cc2C1. The molecule has 0 radical (unpaired) electrons. The van der Waals surface area contributed by atoms with Gasteiger partial charge in [0.1, 0.15) is 18.2 Å². The lowest BCUT2D eigenvalue weighted by atomic mass is 9.96. The molecule has 9 heteroatoms. The second-order valence-electron chi connectivity index (χ2n) is 7.11. The minimum Gasteiger partial charge on any atom is -0.492 e. The highest BCUT2D eigenvalue weighted by molar-refractivity contribution is 8.18. The van der Waals surface area contributed by atoms with Crippen molar-refractivity contribution in [1.82, 2.24) is 10.2 Å². The largest absolute Gasteiger partial charge is 0.492 e. The van der Waals surface area contributed by atoms with E-state index in [1.807, 2.05) is 0 Å². The fourth-order valence-electron chi connectivity index (χ4n) is 3.39. The molecule has 1 saturated heterocycles. The molecule has 2 aromatic carbocycles. The van der Waals surface area contributed by atoms with Gasteiger partial charge in [0.2, 0.25) is 5.91 Å². The van der Waals surface area contributed by atoms with Crippen LogP contribution in [0.3, 0.4) is 0 Å². The number of amides is 3. The smallest absolute Gasteiger partial charge is 0.293 e. The normalized spacial score (nSPS) is 19.4. The van der Waals surface area contributed by atoms with Gasteiger partial charge in [-0.05, 0) is 54.1 Å². The maximum Gasteiger partial charge on any atom is 0.293 e.